The average molecular weight is 236 g/mol. The normalized spacial score (nSPS) is 12.0. The molecular formula is C13H20N2O2. The number of allylic oxidation sites excluding steroid dienone is 1. The van der Waals surface area contributed by atoms with Gasteiger partial charge in [0.05, 0.1) is 5.56 Å². The highest BCUT2D eigenvalue weighted by atomic mass is 16.6. The van der Waals surface area contributed by atoms with Crippen LogP contribution in [0, 0.1) is 0 Å². The highest BCUT2D eigenvalue weighted by molar-refractivity contribution is 5.89. The molecule has 0 saturated carbocycles. The first-order chi connectivity index (χ1) is 7.83. The molecule has 0 fully saturated rings. The topological polar surface area (TPSA) is 57.2 Å². The third-order valence-electron chi connectivity index (χ3n) is 2.21. The van der Waals surface area contributed by atoms with Gasteiger partial charge in [-0.25, -0.2) is 4.79 Å². The number of hydrogen-bond donors (Lipinski definition) is 1. The van der Waals surface area contributed by atoms with Crippen LogP contribution >= 0.6 is 0 Å². The molecule has 0 atom stereocenters. The lowest BCUT2D eigenvalue weighted by molar-refractivity contribution is 0.00695. The number of esters is 1. The van der Waals surface area contributed by atoms with Crippen molar-refractivity contribution >= 4 is 5.97 Å². The molecule has 0 aliphatic carbocycles. The van der Waals surface area contributed by atoms with Crippen molar-refractivity contribution in [3.8, 4) is 0 Å². The van der Waals surface area contributed by atoms with Crippen molar-refractivity contribution in [3.05, 3.63) is 35.8 Å². The lowest BCUT2D eigenvalue weighted by Crippen LogP contribution is -2.23. The smallest absolute Gasteiger partial charge is 0.340 e. The number of nitrogens with two attached hydrogens (primary N) is 1. The van der Waals surface area contributed by atoms with E-state index in [1.54, 1.807) is 6.20 Å². The summed E-state index contributed by atoms with van der Waals surface area (Å²) in [5.41, 5.74) is 6.42. The van der Waals surface area contributed by atoms with Crippen LogP contribution in [0.1, 0.15) is 36.8 Å². The van der Waals surface area contributed by atoms with Gasteiger partial charge in [-0.15, -0.1) is 0 Å². The van der Waals surface area contributed by atoms with Crippen molar-refractivity contribution in [1.29, 1.82) is 0 Å². The van der Waals surface area contributed by atoms with Gasteiger partial charge in [0.25, 0.3) is 0 Å². The Balaban J connectivity index is 2.82. The highest BCUT2D eigenvalue weighted by Gasteiger charge is 2.19. The maximum Gasteiger partial charge on any atom is 0.340 e. The van der Waals surface area contributed by atoms with E-state index in [9.17, 15) is 4.79 Å². The number of rotatable bonds is 3. The predicted octanol–water partition coefficient (Wildman–Crippen LogP) is 2.00. The third-order valence-corrected chi connectivity index (χ3v) is 2.21. The molecule has 0 aliphatic heterocycles. The maximum atomic E-state index is 11.8. The Morgan fingerprint density at radius 3 is 2.71 bits per heavy atom. The Morgan fingerprint density at radius 2 is 2.18 bits per heavy atom. The predicted molar refractivity (Wildman–Crippen MR) is 67.6 cm³/mol. The van der Waals surface area contributed by atoms with Gasteiger partial charge >= 0.3 is 5.97 Å². The lowest BCUT2D eigenvalue weighted by Gasteiger charge is -2.18. The summed E-state index contributed by atoms with van der Waals surface area (Å²) < 4.78 is 7.20. The zero-order valence-electron chi connectivity index (χ0n) is 10.9. The molecule has 1 rings (SSSR count). The van der Waals surface area contributed by atoms with Gasteiger partial charge in [-0.1, -0.05) is 6.08 Å². The molecule has 4 heteroatoms. The molecule has 94 valence electrons. The summed E-state index contributed by atoms with van der Waals surface area (Å²) in [6, 6.07) is 1.83. The Labute approximate surface area is 102 Å². The molecule has 0 radical (unpaired) electrons. The number of carbonyl (C=O) groups is 1. The maximum absolute atomic E-state index is 11.8. The molecule has 2 N–H and O–H groups in total. The molecule has 17 heavy (non-hydrogen) atoms. The van der Waals surface area contributed by atoms with Crippen molar-refractivity contribution in [2.45, 2.75) is 32.8 Å². The van der Waals surface area contributed by atoms with Gasteiger partial charge in [0, 0.05) is 25.4 Å². The van der Waals surface area contributed by atoms with Crippen LogP contribution < -0.4 is 5.73 Å². The van der Waals surface area contributed by atoms with Crippen LogP contribution in [0.2, 0.25) is 0 Å². The van der Waals surface area contributed by atoms with E-state index in [0.29, 0.717) is 12.0 Å². The molecular weight excluding hydrogens is 216 g/mol. The number of hydrogen-bond acceptors (Lipinski definition) is 3. The van der Waals surface area contributed by atoms with E-state index in [4.69, 9.17) is 10.5 Å². The third kappa shape index (κ3) is 3.98. The summed E-state index contributed by atoms with van der Waals surface area (Å²) in [5.74, 6) is -0.295. The Morgan fingerprint density at radius 1 is 1.53 bits per heavy atom. The van der Waals surface area contributed by atoms with Crippen LogP contribution in [-0.2, 0) is 18.2 Å². The minimum Gasteiger partial charge on any atom is -0.456 e. The molecule has 1 heterocycles. The zero-order valence-corrected chi connectivity index (χ0v) is 10.9. The van der Waals surface area contributed by atoms with Crippen LogP contribution in [-0.4, -0.2) is 16.1 Å². The molecule has 0 spiro atoms. The first-order valence-electron chi connectivity index (χ1n) is 5.59. The summed E-state index contributed by atoms with van der Waals surface area (Å²) in [5, 5.41) is 0. The van der Waals surface area contributed by atoms with E-state index in [2.05, 4.69) is 0 Å². The molecule has 4 nitrogen and oxygen atoms in total. The van der Waals surface area contributed by atoms with Gasteiger partial charge < -0.3 is 15.0 Å². The number of aryl methyl sites for hydroxylation is 1. The van der Waals surface area contributed by atoms with Gasteiger partial charge in [-0.3, -0.25) is 0 Å². The minimum absolute atomic E-state index is 0.295. The van der Waals surface area contributed by atoms with Gasteiger partial charge in [-0.05, 0) is 33.0 Å². The summed E-state index contributed by atoms with van der Waals surface area (Å²) in [6.07, 6.45) is 5.82. The molecule has 1 aromatic rings. The second kappa shape index (κ2) is 5.08. The minimum atomic E-state index is -0.468. The fourth-order valence-electron chi connectivity index (χ4n) is 1.45. The number of ether oxygens (including phenoxy) is 1. The standard InChI is InChI=1S/C13H20N2O2/c1-13(2,3)17-12(16)10-8-11(6-5-7-14)15(4)9-10/h5,7-9H,6,14H2,1-4H3. The SMILES string of the molecule is Cn1cc(C(=O)OC(C)(C)C)cc1CC=CN. The van der Waals surface area contributed by atoms with Crippen LogP contribution in [0.15, 0.2) is 24.5 Å². The van der Waals surface area contributed by atoms with Crippen molar-refractivity contribution in [3.63, 3.8) is 0 Å². The molecule has 0 unspecified atom stereocenters. The number of aromatic nitrogens is 1. The first-order valence-corrected chi connectivity index (χ1v) is 5.59. The van der Waals surface area contributed by atoms with Gasteiger partial charge in [0.15, 0.2) is 0 Å². The van der Waals surface area contributed by atoms with E-state index >= 15 is 0 Å². The van der Waals surface area contributed by atoms with Crippen molar-refractivity contribution in [2.75, 3.05) is 0 Å². The highest BCUT2D eigenvalue weighted by Crippen LogP contribution is 2.14. The summed E-state index contributed by atoms with van der Waals surface area (Å²) >= 11 is 0. The molecule has 0 bridgehead atoms. The van der Waals surface area contributed by atoms with Crippen molar-refractivity contribution in [1.82, 2.24) is 4.57 Å². The second-order valence-corrected chi connectivity index (χ2v) is 4.97. The Hall–Kier alpha value is -1.71. The van der Waals surface area contributed by atoms with E-state index in [-0.39, 0.29) is 5.97 Å². The van der Waals surface area contributed by atoms with E-state index in [0.717, 1.165) is 5.69 Å². The molecule has 0 aliphatic rings. The van der Waals surface area contributed by atoms with Crippen LogP contribution in [0.5, 0.6) is 0 Å². The second-order valence-electron chi connectivity index (χ2n) is 4.97. The molecule has 0 saturated heterocycles. The number of nitrogens with zero attached hydrogens (tertiary/aromatic N) is 1. The van der Waals surface area contributed by atoms with Crippen LogP contribution in [0.25, 0.3) is 0 Å². The monoisotopic (exact) mass is 236 g/mol. The average Bonchev–Trinajstić information content (AvgIpc) is 2.54. The Kier molecular flexibility index (Phi) is 3.99. The molecule has 0 amide bonds. The first kappa shape index (κ1) is 13.4. The van der Waals surface area contributed by atoms with Crippen LogP contribution in [0.3, 0.4) is 0 Å². The fourth-order valence-corrected chi connectivity index (χ4v) is 1.45. The number of carbonyl (C=O) groups excluding carboxylic acids is 1. The largest absolute Gasteiger partial charge is 0.456 e. The van der Waals surface area contributed by atoms with E-state index in [1.165, 1.54) is 6.20 Å². The van der Waals surface area contributed by atoms with E-state index in [1.807, 2.05) is 44.5 Å². The molecule has 0 aromatic carbocycles. The summed E-state index contributed by atoms with van der Waals surface area (Å²) in [4.78, 5) is 11.8. The lowest BCUT2D eigenvalue weighted by atomic mass is 10.2. The van der Waals surface area contributed by atoms with E-state index < -0.39 is 5.60 Å². The van der Waals surface area contributed by atoms with Gasteiger partial charge in [-0.2, -0.15) is 0 Å². The zero-order chi connectivity index (χ0) is 13.1. The van der Waals surface area contributed by atoms with Crippen molar-refractivity contribution in [2.24, 2.45) is 12.8 Å². The Bertz CT molecular complexity index is 425. The molecule has 1 aromatic heterocycles. The van der Waals surface area contributed by atoms with Crippen molar-refractivity contribution < 1.29 is 9.53 Å². The summed E-state index contributed by atoms with van der Waals surface area (Å²) in [7, 11) is 1.90. The fraction of sp³-hybridized carbons (Fsp3) is 0.462. The van der Waals surface area contributed by atoms with Gasteiger partial charge in [0.2, 0.25) is 0 Å². The quantitative estimate of drug-likeness (QED) is 0.817. The van der Waals surface area contributed by atoms with Gasteiger partial charge in [0.1, 0.15) is 5.60 Å². The van der Waals surface area contributed by atoms with Crippen LogP contribution in [0.4, 0.5) is 0 Å². The summed E-state index contributed by atoms with van der Waals surface area (Å²) in [6.45, 7) is 5.56.